The molecule has 0 bridgehead atoms. The summed E-state index contributed by atoms with van der Waals surface area (Å²) in [5, 5.41) is 19.0. The lowest BCUT2D eigenvalue weighted by Gasteiger charge is -2.18. The Kier molecular flexibility index (Phi) is 6.96. The summed E-state index contributed by atoms with van der Waals surface area (Å²) < 4.78 is 1.29. The van der Waals surface area contributed by atoms with E-state index in [4.69, 9.17) is 4.84 Å². The third-order valence-corrected chi connectivity index (χ3v) is 6.27. The topological polar surface area (TPSA) is 131 Å². The van der Waals surface area contributed by atoms with Gasteiger partial charge < -0.3 is 10.4 Å². The molecule has 1 atom stereocenters. The maximum atomic E-state index is 13.1. The largest absolute Gasteiger partial charge is 0.479 e. The molecule has 10 heteroatoms. The first kappa shape index (κ1) is 24.8. The molecule has 1 unspecified atom stereocenters. The fourth-order valence-corrected chi connectivity index (χ4v) is 4.37. The summed E-state index contributed by atoms with van der Waals surface area (Å²) in [7, 11) is 0. The van der Waals surface area contributed by atoms with E-state index in [1.165, 1.54) is 4.68 Å². The Bertz CT molecular complexity index is 1550. The number of fused-ring (bicyclic) bond motifs is 2. The molecule has 2 N–H and O–H groups in total. The minimum absolute atomic E-state index is 0.0913. The van der Waals surface area contributed by atoms with Gasteiger partial charge in [-0.3, -0.25) is 19.2 Å². The zero-order chi connectivity index (χ0) is 26.6. The van der Waals surface area contributed by atoms with Gasteiger partial charge in [-0.2, -0.15) is 5.10 Å². The SMILES string of the molecule is O=C(O)C(Nc1nn(CCCCON2C(=O)c3ccccc3C2=O)c(=O)c2ccccc12)c1ccccc1. The van der Waals surface area contributed by atoms with Crippen LogP contribution in [0.2, 0.25) is 0 Å². The molecule has 38 heavy (non-hydrogen) atoms. The van der Waals surface area contributed by atoms with E-state index in [-0.39, 0.29) is 24.5 Å². The number of imide groups is 1. The molecule has 0 saturated carbocycles. The molecule has 0 radical (unpaired) electrons. The Labute approximate surface area is 217 Å². The number of hydrogen-bond donors (Lipinski definition) is 2. The average Bonchev–Trinajstić information content (AvgIpc) is 3.18. The predicted molar refractivity (Wildman–Crippen MR) is 139 cm³/mol. The first-order valence-corrected chi connectivity index (χ1v) is 12.1. The van der Waals surface area contributed by atoms with Gasteiger partial charge in [0, 0.05) is 11.9 Å². The van der Waals surface area contributed by atoms with Gasteiger partial charge in [0.25, 0.3) is 17.4 Å². The summed E-state index contributed by atoms with van der Waals surface area (Å²) in [5.41, 5.74) is 0.854. The van der Waals surface area contributed by atoms with Crippen LogP contribution < -0.4 is 10.9 Å². The minimum atomic E-state index is -1.08. The van der Waals surface area contributed by atoms with Crippen LogP contribution in [-0.4, -0.2) is 44.3 Å². The van der Waals surface area contributed by atoms with Crippen LogP contribution in [0.4, 0.5) is 5.82 Å². The molecule has 0 aliphatic carbocycles. The van der Waals surface area contributed by atoms with Crippen molar-refractivity contribution in [3.63, 3.8) is 0 Å². The van der Waals surface area contributed by atoms with E-state index >= 15 is 0 Å². The number of benzene rings is 3. The minimum Gasteiger partial charge on any atom is -0.479 e. The summed E-state index contributed by atoms with van der Waals surface area (Å²) >= 11 is 0. The van der Waals surface area contributed by atoms with E-state index < -0.39 is 23.8 Å². The van der Waals surface area contributed by atoms with Gasteiger partial charge in [-0.15, -0.1) is 5.06 Å². The number of carboxylic acid groups (broad SMARTS) is 1. The molecular formula is C28H24N4O6. The van der Waals surface area contributed by atoms with Crippen molar-refractivity contribution in [3.8, 4) is 0 Å². The molecule has 4 aromatic rings. The molecule has 1 aliphatic heterocycles. The number of aromatic nitrogens is 2. The second kappa shape index (κ2) is 10.7. The number of carboxylic acids is 1. The van der Waals surface area contributed by atoms with Crippen LogP contribution in [0.3, 0.4) is 0 Å². The number of hydroxylamine groups is 2. The molecule has 2 heterocycles. The van der Waals surface area contributed by atoms with Crippen molar-refractivity contribution in [1.82, 2.24) is 14.8 Å². The zero-order valence-corrected chi connectivity index (χ0v) is 20.2. The molecule has 10 nitrogen and oxygen atoms in total. The number of nitrogens with zero attached hydrogens (tertiary/aromatic N) is 3. The van der Waals surface area contributed by atoms with Crippen molar-refractivity contribution in [3.05, 3.63) is 106 Å². The average molecular weight is 513 g/mol. The van der Waals surface area contributed by atoms with Crippen LogP contribution in [0, 0.1) is 0 Å². The van der Waals surface area contributed by atoms with E-state index in [9.17, 15) is 24.3 Å². The molecule has 2 amide bonds. The summed E-state index contributed by atoms with van der Waals surface area (Å²) in [6.07, 6.45) is 0.910. The van der Waals surface area contributed by atoms with Crippen molar-refractivity contribution in [2.45, 2.75) is 25.4 Å². The van der Waals surface area contributed by atoms with E-state index in [0.29, 0.717) is 40.3 Å². The smallest absolute Gasteiger partial charge is 0.330 e. The van der Waals surface area contributed by atoms with Gasteiger partial charge in [0.1, 0.15) is 0 Å². The lowest BCUT2D eigenvalue weighted by molar-refractivity contribution is -0.138. The fourth-order valence-electron chi connectivity index (χ4n) is 4.37. The van der Waals surface area contributed by atoms with Gasteiger partial charge in [-0.25, -0.2) is 9.48 Å². The number of carbonyl (C=O) groups excluding carboxylic acids is 2. The van der Waals surface area contributed by atoms with Crippen LogP contribution in [0.15, 0.2) is 83.7 Å². The van der Waals surface area contributed by atoms with Crippen molar-refractivity contribution in [1.29, 1.82) is 0 Å². The van der Waals surface area contributed by atoms with Crippen LogP contribution in [-0.2, 0) is 16.2 Å². The number of rotatable bonds is 10. The Hall–Kier alpha value is -4.83. The molecule has 3 aromatic carbocycles. The van der Waals surface area contributed by atoms with Gasteiger partial charge in [-0.1, -0.05) is 60.7 Å². The molecular weight excluding hydrogens is 488 g/mol. The van der Waals surface area contributed by atoms with Crippen LogP contribution in [0.25, 0.3) is 10.8 Å². The van der Waals surface area contributed by atoms with E-state index in [0.717, 1.165) is 5.06 Å². The predicted octanol–water partition coefficient (Wildman–Crippen LogP) is 3.64. The van der Waals surface area contributed by atoms with Gasteiger partial charge in [0.05, 0.1) is 23.1 Å². The van der Waals surface area contributed by atoms with Crippen molar-refractivity contribution < 1.29 is 24.3 Å². The first-order chi connectivity index (χ1) is 18.5. The Morgan fingerprint density at radius 1 is 0.842 bits per heavy atom. The third-order valence-electron chi connectivity index (χ3n) is 6.27. The summed E-state index contributed by atoms with van der Waals surface area (Å²) in [4.78, 5) is 55.4. The van der Waals surface area contributed by atoms with Crippen molar-refractivity contribution in [2.24, 2.45) is 0 Å². The highest BCUT2D eigenvalue weighted by Crippen LogP contribution is 2.25. The second-order valence-corrected chi connectivity index (χ2v) is 8.74. The molecule has 1 aromatic heterocycles. The first-order valence-electron chi connectivity index (χ1n) is 12.1. The normalized spacial score (nSPS) is 13.5. The number of aryl methyl sites for hydroxylation is 1. The van der Waals surface area contributed by atoms with E-state index in [1.54, 1.807) is 78.9 Å². The number of amides is 2. The highest BCUT2D eigenvalue weighted by molar-refractivity contribution is 6.20. The standard InChI is InChI=1S/C28H24N4O6/c33-25-20-13-5-4-12-19(20)24(29-23(28(36)37)18-10-2-1-3-11-18)30-31(25)16-8-9-17-38-32-26(34)21-14-6-7-15-22(21)27(32)35/h1-7,10-15,23H,8-9,16-17H2,(H,29,30)(H,36,37). The number of carbonyl (C=O) groups is 3. The van der Waals surface area contributed by atoms with Crippen molar-refractivity contribution >= 4 is 34.4 Å². The number of unbranched alkanes of at least 4 members (excludes halogenated alkanes) is 1. The Morgan fingerprint density at radius 3 is 2.11 bits per heavy atom. The fraction of sp³-hybridized carbons (Fsp3) is 0.179. The molecule has 0 spiro atoms. The lowest BCUT2D eigenvalue weighted by atomic mass is 10.1. The highest BCUT2D eigenvalue weighted by atomic mass is 16.7. The van der Waals surface area contributed by atoms with Crippen LogP contribution in [0.5, 0.6) is 0 Å². The quantitative estimate of drug-likeness (QED) is 0.243. The second-order valence-electron chi connectivity index (χ2n) is 8.74. The van der Waals surface area contributed by atoms with Crippen molar-refractivity contribution in [2.75, 3.05) is 11.9 Å². The Balaban J connectivity index is 1.29. The van der Waals surface area contributed by atoms with E-state index in [1.807, 2.05) is 0 Å². The van der Waals surface area contributed by atoms with Crippen LogP contribution >= 0.6 is 0 Å². The maximum Gasteiger partial charge on any atom is 0.330 e. The Morgan fingerprint density at radius 2 is 1.45 bits per heavy atom. The molecule has 1 aliphatic rings. The number of aliphatic carboxylic acids is 1. The van der Waals surface area contributed by atoms with E-state index in [2.05, 4.69) is 10.4 Å². The summed E-state index contributed by atoms with van der Waals surface area (Å²) in [6, 6.07) is 21.1. The highest BCUT2D eigenvalue weighted by Gasteiger charge is 2.36. The summed E-state index contributed by atoms with van der Waals surface area (Å²) in [6.45, 7) is 0.320. The van der Waals surface area contributed by atoms with Gasteiger partial charge in [-0.05, 0) is 36.6 Å². The molecule has 192 valence electrons. The molecule has 0 saturated heterocycles. The lowest BCUT2D eigenvalue weighted by Crippen LogP contribution is -2.30. The van der Waals surface area contributed by atoms with Crippen LogP contribution in [0.1, 0.15) is 45.2 Å². The molecule has 0 fully saturated rings. The number of nitrogens with one attached hydrogen (secondary N) is 1. The zero-order valence-electron chi connectivity index (χ0n) is 20.2. The number of anilines is 1. The van der Waals surface area contributed by atoms with Gasteiger partial charge >= 0.3 is 5.97 Å². The van der Waals surface area contributed by atoms with Gasteiger partial charge in [0.2, 0.25) is 0 Å². The molecule has 5 rings (SSSR count). The number of hydrogen-bond acceptors (Lipinski definition) is 7. The monoisotopic (exact) mass is 512 g/mol. The maximum absolute atomic E-state index is 13.1. The summed E-state index contributed by atoms with van der Waals surface area (Å²) in [5.74, 6) is -1.80. The third kappa shape index (κ3) is 4.76. The van der Waals surface area contributed by atoms with Gasteiger partial charge in [0.15, 0.2) is 11.9 Å².